The summed E-state index contributed by atoms with van der Waals surface area (Å²) in [5, 5.41) is 10.8. The van der Waals surface area contributed by atoms with E-state index in [-0.39, 0.29) is 11.1 Å². The molecule has 21 heavy (non-hydrogen) atoms. The number of hydrogen-bond acceptors (Lipinski definition) is 6. The molecule has 0 saturated heterocycles. The molecule has 0 spiro atoms. The molecule has 4 saturated carbocycles. The van der Waals surface area contributed by atoms with E-state index in [1.807, 2.05) is 0 Å². The van der Waals surface area contributed by atoms with Gasteiger partial charge in [0.1, 0.15) is 0 Å². The highest BCUT2D eigenvalue weighted by molar-refractivity contribution is 5.64. The molecule has 4 bridgehead atoms. The Bertz CT molecular complexity index is 729. The van der Waals surface area contributed by atoms with Crippen LogP contribution in [-0.2, 0) is 0 Å². The van der Waals surface area contributed by atoms with Crippen molar-refractivity contribution in [2.24, 2.45) is 17.8 Å². The van der Waals surface area contributed by atoms with E-state index in [0.29, 0.717) is 17.1 Å². The van der Waals surface area contributed by atoms with Gasteiger partial charge in [0.15, 0.2) is 5.82 Å². The zero-order valence-electron chi connectivity index (χ0n) is 11.6. The van der Waals surface area contributed by atoms with Crippen LogP contribution in [-0.4, -0.2) is 25.8 Å². The van der Waals surface area contributed by atoms with Crippen molar-refractivity contribution in [2.45, 2.75) is 44.1 Å². The monoisotopic (exact) mass is 287 g/mol. The SMILES string of the molecule is O=c1[nH]c2nonc2nc1NC12CC3CC(CC(C3)C1)C2. The molecule has 0 radical (unpaired) electrons. The first-order chi connectivity index (χ1) is 10.2. The maximum absolute atomic E-state index is 12.2. The summed E-state index contributed by atoms with van der Waals surface area (Å²) in [4.78, 5) is 19.1. The summed E-state index contributed by atoms with van der Waals surface area (Å²) in [6, 6.07) is 0. The number of aromatic amines is 1. The molecule has 4 aliphatic carbocycles. The standard InChI is InChI=1S/C14H17N5O2/c20-13-12(15-10-11(16-13)19-21-18-10)17-14-4-7-1-8(5-14)3-9(2-7)6-14/h7-9H,1-6H2,(H,15,17,18)(H,16,19,20). The van der Waals surface area contributed by atoms with E-state index >= 15 is 0 Å². The van der Waals surface area contributed by atoms with Gasteiger partial charge in [-0.3, -0.25) is 9.78 Å². The van der Waals surface area contributed by atoms with Crippen molar-refractivity contribution in [2.75, 3.05) is 5.32 Å². The second-order valence-corrected chi connectivity index (χ2v) is 7.17. The highest BCUT2D eigenvalue weighted by atomic mass is 16.6. The summed E-state index contributed by atoms with van der Waals surface area (Å²) in [6.07, 6.45) is 7.60. The summed E-state index contributed by atoms with van der Waals surface area (Å²) >= 11 is 0. The zero-order valence-corrected chi connectivity index (χ0v) is 11.6. The van der Waals surface area contributed by atoms with Gasteiger partial charge in [-0.2, -0.15) is 4.98 Å². The second-order valence-electron chi connectivity index (χ2n) is 7.17. The van der Waals surface area contributed by atoms with Gasteiger partial charge in [0, 0.05) is 5.54 Å². The van der Waals surface area contributed by atoms with Crippen molar-refractivity contribution < 1.29 is 4.63 Å². The molecule has 2 N–H and O–H groups in total. The minimum absolute atomic E-state index is 0.0551. The van der Waals surface area contributed by atoms with Crippen LogP contribution in [0, 0.1) is 17.8 Å². The third-order valence-electron chi connectivity index (χ3n) is 5.56. The van der Waals surface area contributed by atoms with Crippen molar-refractivity contribution in [1.29, 1.82) is 0 Å². The van der Waals surface area contributed by atoms with Gasteiger partial charge in [-0.05, 0) is 66.6 Å². The third kappa shape index (κ3) is 1.72. The van der Waals surface area contributed by atoms with Crippen LogP contribution in [0.5, 0.6) is 0 Å². The Morgan fingerprint density at radius 1 is 1.10 bits per heavy atom. The molecule has 0 aliphatic heterocycles. The lowest BCUT2D eigenvalue weighted by Crippen LogP contribution is -2.55. The molecule has 0 aromatic carbocycles. The van der Waals surface area contributed by atoms with Gasteiger partial charge in [-0.15, -0.1) is 0 Å². The molecule has 0 atom stereocenters. The molecule has 4 fully saturated rings. The number of anilines is 1. The van der Waals surface area contributed by atoms with E-state index in [9.17, 15) is 4.79 Å². The molecule has 0 amide bonds. The van der Waals surface area contributed by atoms with Gasteiger partial charge in [0.2, 0.25) is 11.3 Å². The Morgan fingerprint density at radius 3 is 2.43 bits per heavy atom. The number of H-pyrrole nitrogens is 1. The van der Waals surface area contributed by atoms with E-state index in [4.69, 9.17) is 0 Å². The van der Waals surface area contributed by atoms with Gasteiger partial charge in [0.05, 0.1) is 0 Å². The number of nitrogens with one attached hydrogen (secondary N) is 2. The van der Waals surface area contributed by atoms with E-state index in [2.05, 4.69) is 30.2 Å². The molecule has 2 aromatic rings. The van der Waals surface area contributed by atoms with Gasteiger partial charge in [0.25, 0.3) is 5.56 Å². The van der Waals surface area contributed by atoms with Gasteiger partial charge in [-0.25, -0.2) is 4.63 Å². The van der Waals surface area contributed by atoms with E-state index in [1.54, 1.807) is 0 Å². The lowest BCUT2D eigenvalue weighted by Gasteiger charge is -2.57. The van der Waals surface area contributed by atoms with Gasteiger partial charge >= 0.3 is 0 Å². The maximum atomic E-state index is 12.2. The first-order valence-corrected chi connectivity index (χ1v) is 7.70. The summed E-state index contributed by atoms with van der Waals surface area (Å²) in [6.45, 7) is 0. The molecule has 6 rings (SSSR count). The van der Waals surface area contributed by atoms with Crippen LogP contribution in [0.2, 0.25) is 0 Å². The Morgan fingerprint density at radius 2 is 1.76 bits per heavy atom. The zero-order chi connectivity index (χ0) is 14.0. The lowest BCUT2D eigenvalue weighted by atomic mass is 9.53. The Kier molecular flexibility index (Phi) is 2.14. The van der Waals surface area contributed by atoms with Crippen molar-refractivity contribution in [3.63, 3.8) is 0 Å². The number of rotatable bonds is 2. The van der Waals surface area contributed by atoms with Crippen LogP contribution in [0.1, 0.15) is 38.5 Å². The largest absolute Gasteiger partial charge is 0.360 e. The fourth-order valence-electron chi connectivity index (χ4n) is 5.26. The number of fused-ring (bicyclic) bond motifs is 1. The lowest BCUT2D eigenvalue weighted by molar-refractivity contribution is 0.0105. The quantitative estimate of drug-likeness (QED) is 0.872. The molecule has 110 valence electrons. The van der Waals surface area contributed by atoms with Crippen molar-refractivity contribution in [3.8, 4) is 0 Å². The highest BCUT2D eigenvalue weighted by Crippen LogP contribution is 2.56. The highest BCUT2D eigenvalue weighted by Gasteiger charge is 2.51. The van der Waals surface area contributed by atoms with Gasteiger partial charge in [-0.1, -0.05) is 0 Å². The van der Waals surface area contributed by atoms with Crippen molar-refractivity contribution >= 4 is 17.1 Å². The molecular formula is C14H17N5O2. The molecule has 7 heteroatoms. The Balaban J connectivity index is 1.53. The predicted octanol–water partition coefficient (Wildman–Crippen LogP) is 1.69. The molecule has 2 aromatic heterocycles. The smallest absolute Gasteiger partial charge is 0.292 e. The normalized spacial score (nSPS) is 37.2. The summed E-state index contributed by atoms with van der Waals surface area (Å²) in [7, 11) is 0. The number of aromatic nitrogens is 4. The van der Waals surface area contributed by atoms with Crippen LogP contribution in [0.3, 0.4) is 0 Å². The molecule has 0 unspecified atom stereocenters. The van der Waals surface area contributed by atoms with Crippen LogP contribution in [0.25, 0.3) is 11.3 Å². The fourth-order valence-corrected chi connectivity index (χ4v) is 5.26. The van der Waals surface area contributed by atoms with Crippen molar-refractivity contribution in [1.82, 2.24) is 20.3 Å². The minimum Gasteiger partial charge on any atom is -0.360 e. The van der Waals surface area contributed by atoms with Crippen LogP contribution in [0.4, 0.5) is 5.82 Å². The molecule has 4 aliphatic rings. The molecular weight excluding hydrogens is 270 g/mol. The van der Waals surface area contributed by atoms with Crippen LogP contribution in [0.15, 0.2) is 9.42 Å². The second kappa shape index (κ2) is 3.84. The first-order valence-electron chi connectivity index (χ1n) is 7.70. The Hall–Kier alpha value is -1.92. The molecule has 7 nitrogen and oxygen atoms in total. The van der Waals surface area contributed by atoms with Gasteiger partial charge < -0.3 is 5.32 Å². The molecule has 2 heterocycles. The summed E-state index contributed by atoms with van der Waals surface area (Å²) in [5.74, 6) is 2.82. The minimum atomic E-state index is -0.242. The average molecular weight is 287 g/mol. The third-order valence-corrected chi connectivity index (χ3v) is 5.56. The summed E-state index contributed by atoms with van der Waals surface area (Å²) in [5.41, 5.74) is 0.464. The van der Waals surface area contributed by atoms with Crippen LogP contribution >= 0.6 is 0 Å². The average Bonchev–Trinajstić information content (AvgIpc) is 2.84. The van der Waals surface area contributed by atoms with E-state index in [1.165, 1.54) is 19.3 Å². The maximum Gasteiger partial charge on any atom is 0.292 e. The number of nitrogens with zero attached hydrogens (tertiary/aromatic N) is 3. The van der Waals surface area contributed by atoms with Crippen LogP contribution < -0.4 is 10.9 Å². The van der Waals surface area contributed by atoms with E-state index < -0.39 is 0 Å². The predicted molar refractivity (Wildman–Crippen MR) is 74.7 cm³/mol. The van der Waals surface area contributed by atoms with Crippen molar-refractivity contribution in [3.05, 3.63) is 10.4 Å². The Labute approximate surface area is 120 Å². The topological polar surface area (TPSA) is 96.7 Å². The fraction of sp³-hybridized carbons (Fsp3) is 0.714. The summed E-state index contributed by atoms with van der Waals surface area (Å²) < 4.78 is 4.61. The first kappa shape index (κ1) is 11.7. The van der Waals surface area contributed by atoms with E-state index in [0.717, 1.165) is 37.0 Å². The number of hydrogen-bond donors (Lipinski definition) is 2.